The molecule has 13 heteroatoms. The fraction of sp³-hybridized carbons (Fsp3) is 0.346. The van der Waals surface area contributed by atoms with Crippen molar-refractivity contribution in [1.29, 1.82) is 0 Å². The number of nitrogens with one attached hydrogen (secondary N) is 2. The first-order valence-electron chi connectivity index (χ1n) is 11.9. The van der Waals surface area contributed by atoms with E-state index in [1.54, 1.807) is 31.2 Å². The van der Waals surface area contributed by atoms with Crippen LogP contribution in [0.4, 0.5) is 10.5 Å². The van der Waals surface area contributed by atoms with Gasteiger partial charge in [-0.3, -0.25) is 19.7 Å². The van der Waals surface area contributed by atoms with Gasteiger partial charge in [0.1, 0.15) is 18.1 Å². The van der Waals surface area contributed by atoms with E-state index in [0.717, 1.165) is 0 Å². The van der Waals surface area contributed by atoms with Gasteiger partial charge in [0.25, 0.3) is 11.6 Å². The quantitative estimate of drug-likeness (QED) is 0.0753. The summed E-state index contributed by atoms with van der Waals surface area (Å²) in [5.41, 5.74) is 0.975. The van der Waals surface area contributed by atoms with Crippen molar-refractivity contribution in [2.45, 2.75) is 13.5 Å². The summed E-state index contributed by atoms with van der Waals surface area (Å²) in [7, 11) is 0. The van der Waals surface area contributed by atoms with Crippen LogP contribution in [-0.4, -0.2) is 69.0 Å². The summed E-state index contributed by atoms with van der Waals surface area (Å²) >= 11 is 0. The van der Waals surface area contributed by atoms with E-state index in [2.05, 4.69) is 17.2 Å². The molecular formula is C26H31N3O10. The fourth-order valence-corrected chi connectivity index (χ4v) is 2.76. The van der Waals surface area contributed by atoms with E-state index in [-0.39, 0.29) is 36.5 Å². The van der Waals surface area contributed by atoms with Crippen LogP contribution in [0, 0.1) is 10.1 Å². The zero-order chi connectivity index (χ0) is 28.5. The van der Waals surface area contributed by atoms with Crippen LogP contribution in [0.2, 0.25) is 0 Å². The lowest BCUT2D eigenvalue weighted by molar-refractivity contribution is -0.384. The number of nitro benzene ring substituents is 1. The normalized spacial score (nSPS) is 10.3. The van der Waals surface area contributed by atoms with E-state index in [4.69, 9.17) is 23.7 Å². The molecule has 39 heavy (non-hydrogen) atoms. The molecule has 0 saturated carbocycles. The summed E-state index contributed by atoms with van der Waals surface area (Å²) in [6, 6.07) is 11.6. The molecule has 0 saturated heterocycles. The first kappa shape index (κ1) is 30.7. The molecule has 0 heterocycles. The number of benzene rings is 2. The van der Waals surface area contributed by atoms with Gasteiger partial charge in [-0.2, -0.15) is 0 Å². The van der Waals surface area contributed by atoms with Crippen molar-refractivity contribution in [3.63, 3.8) is 0 Å². The number of amides is 2. The van der Waals surface area contributed by atoms with Gasteiger partial charge in [-0.1, -0.05) is 18.7 Å². The monoisotopic (exact) mass is 545 g/mol. The summed E-state index contributed by atoms with van der Waals surface area (Å²) in [5, 5.41) is 16.0. The highest BCUT2D eigenvalue weighted by molar-refractivity contribution is 5.92. The average Bonchev–Trinajstić information content (AvgIpc) is 2.92. The van der Waals surface area contributed by atoms with E-state index in [9.17, 15) is 24.5 Å². The Morgan fingerprint density at radius 2 is 1.46 bits per heavy atom. The summed E-state index contributed by atoms with van der Waals surface area (Å²) in [4.78, 5) is 45.1. The number of non-ortho nitro benzene ring substituents is 1. The van der Waals surface area contributed by atoms with E-state index < -0.39 is 11.1 Å². The third-order valence-electron chi connectivity index (χ3n) is 4.76. The van der Waals surface area contributed by atoms with Crippen molar-refractivity contribution >= 4 is 23.7 Å². The third kappa shape index (κ3) is 13.0. The lowest BCUT2D eigenvalue weighted by Crippen LogP contribution is -2.32. The van der Waals surface area contributed by atoms with Gasteiger partial charge in [0.05, 0.1) is 31.4 Å². The van der Waals surface area contributed by atoms with Crippen LogP contribution in [-0.2, 0) is 30.4 Å². The summed E-state index contributed by atoms with van der Waals surface area (Å²) in [6.45, 7) is 7.00. The Morgan fingerprint density at radius 1 is 0.872 bits per heavy atom. The number of carbonyl (C=O) groups excluding carboxylic acids is 3. The fourth-order valence-electron chi connectivity index (χ4n) is 2.76. The number of nitrogens with zero attached hydrogens (tertiary/aromatic N) is 1. The second-order valence-electron chi connectivity index (χ2n) is 7.94. The Morgan fingerprint density at radius 3 is 2.05 bits per heavy atom. The maximum Gasteiger partial charge on any atom is 0.514 e. The molecule has 2 aromatic carbocycles. The van der Waals surface area contributed by atoms with E-state index in [1.807, 2.05) is 0 Å². The van der Waals surface area contributed by atoms with Crippen LogP contribution in [0.5, 0.6) is 11.5 Å². The van der Waals surface area contributed by atoms with Gasteiger partial charge >= 0.3 is 6.16 Å². The minimum Gasteiger partial charge on any atom is -0.484 e. The molecule has 0 aliphatic heterocycles. The van der Waals surface area contributed by atoms with Crippen molar-refractivity contribution in [3.8, 4) is 11.5 Å². The molecule has 0 unspecified atom stereocenters. The predicted molar refractivity (Wildman–Crippen MR) is 138 cm³/mol. The maximum atomic E-state index is 11.9. The smallest absolute Gasteiger partial charge is 0.484 e. The van der Waals surface area contributed by atoms with Crippen molar-refractivity contribution in [1.82, 2.24) is 10.6 Å². The van der Waals surface area contributed by atoms with Gasteiger partial charge in [-0.05, 0) is 36.8 Å². The lowest BCUT2D eigenvalue weighted by Gasteiger charge is -2.09. The first-order chi connectivity index (χ1) is 18.7. The number of hydrogen-bond acceptors (Lipinski definition) is 10. The number of carbonyl (C=O) groups is 3. The average molecular weight is 546 g/mol. The summed E-state index contributed by atoms with van der Waals surface area (Å²) in [5.74, 6) is 0.0470. The summed E-state index contributed by atoms with van der Waals surface area (Å²) < 4.78 is 26.1. The minimum absolute atomic E-state index is 0.0663. The molecule has 0 spiro atoms. The molecule has 2 aromatic rings. The molecule has 13 nitrogen and oxygen atoms in total. The molecule has 210 valence electrons. The highest BCUT2D eigenvalue weighted by Gasteiger charge is 2.10. The maximum absolute atomic E-state index is 11.9. The lowest BCUT2D eigenvalue weighted by atomic mass is 10.2. The first-order valence-corrected chi connectivity index (χ1v) is 11.9. The van der Waals surface area contributed by atoms with Gasteiger partial charge < -0.3 is 34.3 Å². The number of nitro groups is 1. The molecule has 2 amide bonds. The SMILES string of the molecule is C=C(C)C(=O)NCCOCCOCCNC(=O)COc1ccc(COC(=O)Oc2ccc([N+](=O)[O-])cc2)cc1. The minimum atomic E-state index is -0.957. The van der Waals surface area contributed by atoms with Crippen LogP contribution in [0.1, 0.15) is 12.5 Å². The molecule has 0 bridgehead atoms. The molecule has 2 rings (SSSR count). The number of rotatable bonds is 17. The second-order valence-corrected chi connectivity index (χ2v) is 7.94. The number of hydrogen-bond donors (Lipinski definition) is 2. The van der Waals surface area contributed by atoms with Crippen LogP contribution >= 0.6 is 0 Å². The molecular weight excluding hydrogens is 514 g/mol. The second kappa shape index (κ2) is 17.1. The van der Waals surface area contributed by atoms with Crippen molar-refractivity contribution in [2.24, 2.45) is 0 Å². The molecule has 0 fully saturated rings. The number of ether oxygens (including phenoxy) is 5. The highest BCUT2D eigenvalue weighted by Crippen LogP contribution is 2.18. The van der Waals surface area contributed by atoms with Gasteiger partial charge in [-0.15, -0.1) is 0 Å². The Balaban J connectivity index is 1.51. The van der Waals surface area contributed by atoms with Crippen molar-refractivity contribution in [3.05, 3.63) is 76.4 Å². The van der Waals surface area contributed by atoms with Crippen molar-refractivity contribution in [2.75, 3.05) is 46.1 Å². The Labute approximate surface area is 225 Å². The van der Waals surface area contributed by atoms with E-state index in [1.165, 1.54) is 24.3 Å². The molecule has 0 aromatic heterocycles. The predicted octanol–water partition coefficient (Wildman–Crippen LogP) is 2.53. The zero-order valence-corrected chi connectivity index (χ0v) is 21.5. The van der Waals surface area contributed by atoms with E-state index >= 15 is 0 Å². The molecule has 0 atom stereocenters. The standard InChI is InChI=1S/C26H31N3O10/c1-19(2)25(31)28-12-14-36-16-15-35-13-11-27-24(30)18-37-22-7-3-20(4-8-22)17-38-26(32)39-23-9-5-21(6-10-23)29(33)34/h3-10H,1,11-18H2,2H3,(H,27,30)(H,28,31). The Bertz CT molecular complexity index is 1100. The molecule has 2 N–H and O–H groups in total. The van der Waals surface area contributed by atoms with Crippen molar-refractivity contribution < 1.29 is 43.0 Å². The van der Waals surface area contributed by atoms with Gasteiger partial charge in [0.15, 0.2) is 6.61 Å². The Kier molecular flexibility index (Phi) is 13.5. The van der Waals surface area contributed by atoms with Crippen LogP contribution in [0.15, 0.2) is 60.7 Å². The third-order valence-corrected chi connectivity index (χ3v) is 4.76. The topological polar surface area (TPSA) is 165 Å². The van der Waals surface area contributed by atoms with Gasteiger partial charge in [0, 0.05) is 30.8 Å². The largest absolute Gasteiger partial charge is 0.514 e. The van der Waals surface area contributed by atoms with Gasteiger partial charge in [0.2, 0.25) is 5.91 Å². The molecule has 0 radical (unpaired) electrons. The molecule has 0 aliphatic rings. The van der Waals surface area contributed by atoms with Crippen LogP contribution < -0.4 is 20.1 Å². The van der Waals surface area contributed by atoms with Crippen LogP contribution in [0.3, 0.4) is 0 Å². The zero-order valence-electron chi connectivity index (χ0n) is 21.5. The highest BCUT2D eigenvalue weighted by atomic mass is 16.7. The van der Waals surface area contributed by atoms with Crippen LogP contribution in [0.25, 0.3) is 0 Å². The Hall–Kier alpha value is -4.49. The molecule has 0 aliphatic carbocycles. The van der Waals surface area contributed by atoms with E-state index in [0.29, 0.717) is 56.4 Å². The summed E-state index contributed by atoms with van der Waals surface area (Å²) in [6.07, 6.45) is -0.957. The van der Waals surface area contributed by atoms with Gasteiger partial charge in [-0.25, -0.2) is 4.79 Å².